The van der Waals surface area contributed by atoms with Crippen molar-refractivity contribution in [3.63, 3.8) is 0 Å². The molecule has 2 heterocycles. The maximum absolute atomic E-state index is 11.5. The summed E-state index contributed by atoms with van der Waals surface area (Å²) < 4.78 is 1.45. The van der Waals surface area contributed by atoms with Crippen LogP contribution in [0.25, 0.3) is 5.65 Å². The molecular weight excluding hydrogens is 180 g/mol. The monoisotopic (exact) mass is 190 g/mol. The van der Waals surface area contributed by atoms with E-state index in [-0.39, 0.29) is 12.2 Å². The van der Waals surface area contributed by atoms with Gasteiger partial charge < -0.3 is 5.11 Å². The summed E-state index contributed by atoms with van der Waals surface area (Å²) in [6.07, 6.45) is 1.68. The summed E-state index contributed by atoms with van der Waals surface area (Å²) in [7, 11) is 0. The molecule has 4 heteroatoms. The molecule has 0 bridgehead atoms. The molecule has 0 unspecified atom stereocenters. The lowest BCUT2D eigenvalue weighted by atomic mass is 10.3. The van der Waals surface area contributed by atoms with Gasteiger partial charge in [0.15, 0.2) is 0 Å². The molecule has 72 valence electrons. The van der Waals surface area contributed by atoms with Gasteiger partial charge in [-0.15, -0.1) is 0 Å². The van der Waals surface area contributed by atoms with Crippen LogP contribution in [0.15, 0.2) is 29.2 Å². The second kappa shape index (κ2) is 3.23. The van der Waals surface area contributed by atoms with E-state index in [2.05, 4.69) is 4.98 Å². The van der Waals surface area contributed by atoms with Gasteiger partial charge in [-0.05, 0) is 24.6 Å². The fourth-order valence-corrected chi connectivity index (χ4v) is 1.33. The van der Waals surface area contributed by atoms with Gasteiger partial charge in [0.2, 0.25) is 0 Å². The summed E-state index contributed by atoms with van der Waals surface area (Å²) in [5, 5.41) is 8.88. The van der Waals surface area contributed by atoms with Crippen molar-refractivity contribution in [2.75, 3.05) is 0 Å². The molecule has 2 rings (SSSR count). The van der Waals surface area contributed by atoms with Crippen LogP contribution in [-0.2, 0) is 6.61 Å². The lowest BCUT2D eigenvalue weighted by molar-refractivity contribution is 0.277. The normalized spacial score (nSPS) is 10.7. The molecule has 4 nitrogen and oxygen atoms in total. The van der Waals surface area contributed by atoms with Crippen molar-refractivity contribution in [1.82, 2.24) is 9.38 Å². The van der Waals surface area contributed by atoms with Crippen LogP contribution in [0.4, 0.5) is 0 Å². The van der Waals surface area contributed by atoms with Crippen molar-refractivity contribution in [2.45, 2.75) is 13.5 Å². The SMILES string of the molecule is Cc1ccn2c(=O)cc(CO)nc2c1. The van der Waals surface area contributed by atoms with E-state index >= 15 is 0 Å². The molecule has 0 spiro atoms. The van der Waals surface area contributed by atoms with Gasteiger partial charge in [0, 0.05) is 12.3 Å². The zero-order valence-corrected chi connectivity index (χ0v) is 7.77. The zero-order valence-electron chi connectivity index (χ0n) is 7.77. The molecular formula is C10H10N2O2. The fourth-order valence-electron chi connectivity index (χ4n) is 1.33. The Balaban J connectivity index is 2.84. The second-order valence-electron chi connectivity index (χ2n) is 3.18. The molecule has 1 N–H and O–H groups in total. The highest BCUT2D eigenvalue weighted by molar-refractivity contribution is 5.41. The average Bonchev–Trinajstić information content (AvgIpc) is 2.16. The van der Waals surface area contributed by atoms with E-state index in [1.165, 1.54) is 10.5 Å². The van der Waals surface area contributed by atoms with Crippen LogP contribution in [0.3, 0.4) is 0 Å². The minimum Gasteiger partial charge on any atom is -0.390 e. The highest BCUT2D eigenvalue weighted by Gasteiger charge is 2.00. The van der Waals surface area contributed by atoms with Crippen LogP contribution < -0.4 is 5.56 Å². The quantitative estimate of drug-likeness (QED) is 0.712. The summed E-state index contributed by atoms with van der Waals surface area (Å²) in [4.78, 5) is 15.6. The molecule has 0 radical (unpaired) electrons. The van der Waals surface area contributed by atoms with Crippen LogP contribution in [0.2, 0.25) is 0 Å². The maximum atomic E-state index is 11.5. The fraction of sp³-hybridized carbons (Fsp3) is 0.200. The number of aryl methyl sites for hydroxylation is 1. The molecule has 0 saturated carbocycles. The summed E-state index contributed by atoms with van der Waals surface area (Å²) in [5.41, 5.74) is 1.84. The lowest BCUT2D eigenvalue weighted by Crippen LogP contribution is -2.15. The Labute approximate surface area is 80.5 Å². The van der Waals surface area contributed by atoms with Crippen molar-refractivity contribution in [1.29, 1.82) is 0 Å². The van der Waals surface area contributed by atoms with Gasteiger partial charge in [-0.2, -0.15) is 0 Å². The van der Waals surface area contributed by atoms with Gasteiger partial charge in [0.05, 0.1) is 12.3 Å². The number of hydrogen-bond donors (Lipinski definition) is 1. The first-order valence-electron chi connectivity index (χ1n) is 4.30. The Kier molecular flexibility index (Phi) is 2.05. The van der Waals surface area contributed by atoms with Crippen LogP contribution in [-0.4, -0.2) is 14.5 Å². The lowest BCUT2D eigenvalue weighted by Gasteiger charge is -2.02. The topological polar surface area (TPSA) is 54.6 Å². The first kappa shape index (κ1) is 8.90. The zero-order chi connectivity index (χ0) is 10.1. The van der Waals surface area contributed by atoms with Crippen molar-refractivity contribution in [3.8, 4) is 0 Å². The van der Waals surface area contributed by atoms with Gasteiger partial charge >= 0.3 is 0 Å². The Bertz CT molecular complexity index is 531. The number of aliphatic hydroxyl groups excluding tert-OH is 1. The number of aromatic nitrogens is 2. The predicted octanol–water partition coefficient (Wildman–Crippen LogP) is 0.495. The number of pyridine rings is 1. The average molecular weight is 190 g/mol. The molecule has 2 aromatic heterocycles. The van der Waals surface area contributed by atoms with Gasteiger partial charge in [0.25, 0.3) is 5.56 Å². The van der Waals surface area contributed by atoms with Gasteiger partial charge in [-0.25, -0.2) is 4.98 Å². The van der Waals surface area contributed by atoms with E-state index in [0.29, 0.717) is 11.3 Å². The van der Waals surface area contributed by atoms with E-state index < -0.39 is 0 Å². The Morgan fingerprint density at radius 1 is 1.50 bits per heavy atom. The number of fused-ring (bicyclic) bond motifs is 1. The third-order valence-electron chi connectivity index (χ3n) is 2.04. The standard InChI is InChI=1S/C10H10N2O2/c1-7-2-3-12-9(4-7)11-8(6-13)5-10(12)14/h2-5,13H,6H2,1H3. The molecule has 0 atom stereocenters. The summed E-state index contributed by atoms with van der Waals surface area (Å²) in [5.74, 6) is 0. The molecule has 0 saturated heterocycles. The van der Waals surface area contributed by atoms with Crippen molar-refractivity contribution >= 4 is 5.65 Å². The molecule has 0 aliphatic heterocycles. The number of nitrogens with zero attached hydrogens (tertiary/aromatic N) is 2. The van der Waals surface area contributed by atoms with E-state index in [1.54, 1.807) is 12.3 Å². The van der Waals surface area contributed by atoms with Crippen molar-refractivity contribution in [3.05, 3.63) is 46.0 Å². The molecule has 0 fully saturated rings. The molecule has 0 aliphatic rings. The highest BCUT2D eigenvalue weighted by atomic mass is 16.3. The predicted molar refractivity (Wildman–Crippen MR) is 52.1 cm³/mol. The number of hydrogen-bond acceptors (Lipinski definition) is 3. The molecule has 14 heavy (non-hydrogen) atoms. The summed E-state index contributed by atoms with van der Waals surface area (Å²) in [6, 6.07) is 4.98. The molecule has 0 aliphatic carbocycles. The third kappa shape index (κ3) is 1.40. The highest BCUT2D eigenvalue weighted by Crippen LogP contribution is 2.02. The Morgan fingerprint density at radius 3 is 3.00 bits per heavy atom. The van der Waals surface area contributed by atoms with Gasteiger partial charge in [-0.1, -0.05) is 0 Å². The van der Waals surface area contributed by atoms with Crippen molar-refractivity contribution in [2.24, 2.45) is 0 Å². The van der Waals surface area contributed by atoms with Gasteiger partial charge in [-0.3, -0.25) is 9.20 Å². The van der Waals surface area contributed by atoms with E-state index in [4.69, 9.17) is 5.11 Å². The van der Waals surface area contributed by atoms with E-state index in [1.807, 2.05) is 13.0 Å². The third-order valence-corrected chi connectivity index (χ3v) is 2.04. The van der Waals surface area contributed by atoms with E-state index in [9.17, 15) is 4.79 Å². The largest absolute Gasteiger partial charge is 0.390 e. The van der Waals surface area contributed by atoms with Crippen LogP contribution in [0.5, 0.6) is 0 Å². The summed E-state index contributed by atoms with van der Waals surface area (Å²) >= 11 is 0. The van der Waals surface area contributed by atoms with E-state index in [0.717, 1.165) is 5.56 Å². The Morgan fingerprint density at radius 2 is 2.29 bits per heavy atom. The molecule has 0 amide bonds. The Hall–Kier alpha value is -1.68. The minimum absolute atomic E-state index is 0.168. The first-order valence-corrected chi connectivity index (χ1v) is 4.30. The maximum Gasteiger partial charge on any atom is 0.258 e. The first-order chi connectivity index (χ1) is 6.70. The molecule has 0 aromatic carbocycles. The second-order valence-corrected chi connectivity index (χ2v) is 3.18. The number of aliphatic hydroxyl groups is 1. The van der Waals surface area contributed by atoms with Crippen LogP contribution >= 0.6 is 0 Å². The number of rotatable bonds is 1. The molecule has 2 aromatic rings. The van der Waals surface area contributed by atoms with Gasteiger partial charge in [0.1, 0.15) is 5.65 Å². The van der Waals surface area contributed by atoms with Crippen molar-refractivity contribution < 1.29 is 5.11 Å². The van der Waals surface area contributed by atoms with Crippen LogP contribution in [0, 0.1) is 6.92 Å². The smallest absolute Gasteiger partial charge is 0.258 e. The summed E-state index contributed by atoms with van der Waals surface area (Å²) in [6.45, 7) is 1.72. The minimum atomic E-state index is -0.209. The van der Waals surface area contributed by atoms with Crippen LogP contribution in [0.1, 0.15) is 11.3 Å².